The SMILES string of the molecule is CCOC1CCCN(CC(O)c2ccc(C(C)C)cc2)C1. The second-order valence-electron chi connectivity index (χ2n) is 6.32. The largest absolute Gasteiger partial charge is 0.387 e. The van der Waals surface area contributed by atoms with Crippen molar-refractivity contribution in [3.8, 4) is 0 Å². The van der Waals surface area contributed by atoms with Gasteiger partial charge in [0, 0.05) is 19.7 Å². The Morgan fingerprint density at radius 1 is 1.24 bits per heavy atom. The highest BCUT2D eigenvalue weighted by Crippen LogP contribution is 2.21. The van der Waals surface area contributed by atoms with E-state index in [4.69, 9.17) is 4.74 Å². The first-order valence-electron chi connectivity index (χ1n) is 8.22. The number of rotatable bonds is 6. The van der Waals surface area contributed by atoms with Gasteiger partial charge < -0.3 is 9.84 Å². The number of hydrogen-bond acceptors (Lipinski definition) is 3. The summed E-state index contributed by atoms with van der Waals surface area (Å²) in [5, 5.41) is 10.4. The van der Waals surface area contributed by atoms with E-state index in [2.05, 4.69) is 43.0 Å². The van der Waals surface area contributed by atoms with Crippen LogP contribution in [0.2, 0.25) is 0 Å². The minimum Gasteiger partial charge on any atom is -0.387 e. The summed E-state index contributed by atoms with van der Waals surface area (Å²) in [6, 6.07) is 8.37. The van der Waals surface area contributed by atoms with Crippen LogP contribution in [0.4, 0.5) is 0 Å². The number of aliphatic hydroxyl groups excluding tert-OH is 1. The van der Waals surface area contributed by atoms with E-state index in [0.29, 0.717) is 18.6 Å². The molecule has 0 aromatic heterocycles. The maximum Gasteiger partial charge on any atom is 0.0916 e. The normalized spacial score (nSPS) is 21.7. The van der Waals surface area contributed by atoms with Crippen LogP contribution in [0.3, 0.4) is 0 Å². The summed E-state index contributed by atoms with van der Waals surface area (Å²) in [6.45, 7) is 9.89. The Morgan fingerprint density at radius 2 is 1.90 bits per heavy atom. The number of ether oxygens (including phenoxy) is 1. The van der Waals surface area contributed by atoms with E-state index in [1.54, 1.807) is 0 Å². The zero-order valence-corrected chi connectivity index (χ0v) is 13.6. The van der Waals surface area contributed by atoms with Gasteiger partial charge in [0.1, 0.15) is 0 Å². The van der Waals surface area contributed by atoms with Crippen molar-refractivity contribution in [2.75, 3.05) is 26.2 Å². The molecule has 0 amide bonds. The highest BCUT2D eigenvalue weighted by atomic mass is 16.5. The number of hydrogen-bond donors (Lipinski definition) is 1. The van der Waals surface area contributed by atoms with Gasteiger partial charge in [0.2, 0.25) is 0 Å². The molecule has 0 aliphatic carbocycles. The van der Waals surface area contributed by atoms with Crippen LogP contribution in [0, 0.1) is 0 Å². The summed E-state index contributed by atoms with van der Waals surface area (Å²) in [7, 11) is 0. The van der Waals surface area contributed by atoms with E-state index in [1.807, 2.05) is 6.92 Å². The zero-order valence-electron chi connectivity index (χ0n) is 13.6. The summed E-state index contributed by atoms with van der Waals surface area (Å²) < 4.78 is 5.72. The van der Waals surface area contributed by atoms with Crippen molar-refractivity contribution in [2.45, 2.75) is 51.7 Å². The van der Waals surface area contributed by atoms with Crippen LogP contribution in [-0.4, -0.2) is 42.4 Å². The summed E-state index contributed by atoms with van der Waals surface area (Å²) in [5.74, 6) is 0.533. The molecule has 1 saturated heterocycles. The molecule has 21 heavy (non-hydrogen) atoms. The number of aliphatic hydroxyl groups is 1. The first-order chi connectivity index (χ1) is 10.1. The van der Waals surface area contributed by atoms with E-state index in [0.717, 1.165) is 38.1 Å². The third-order valence-electron chi connectivity index (χ3n) is 4.28. The number of nitrogens with zero attached hydrogens (tertiary/aromatic N) is 1. The summed E-state index contributed by atoms with van der Waals surface area (Å²) in [6.07, 6.45) is 2.22. The van der Waals surface area contributed by atoms with Gasteiger partial charge in [0.25, 0.3) is 0 Å². The standard InChI is InChI=1S/C18H29NO2/c1-4-21-17-6-5-11-19(12-17)13-18(20)16-9-7-15(8-10-16)14(2)3/h7-10,14,17-18,20H,4-6,11-13H2,1-3H3. The molecule has 0 saturated carbocycles. The molecule has 1 fully saturated rings. The minimum atomic E-state index is -0.411. The molecule has 1 aliphatic rings. The Bertz CT molecular complexity index is 414. The maximum absolute atomic E-state index is 10.4. The van der Waals surface area contributed by atoms with Crippen molar-refractivity contribution >= 4 is 0 Å². The number of benzene rings is 1. The molecule has 2 atom stereocenters. The Hall–Kier alpha value is -0.900. The second-order valence-corrected chi connectivity index (χ2v) is 6.32. The van der Waals surface area contributed by atoms with Gasteiger partial charge in [-0.1, -0.05) is 38.1 Å². The predicted molar refractivity (Wildman–Crippen MR) is 86.6 cm³/mol. The second kappa shape index (κ2) is 7.92. The van der Waals surface area contributed by atoms with Crippen LogP contribution in [0.5, 0.6) is 0 Å². The van der Waals surface area contributed by atoms with Crippen molar-refractivity contribution < 1.29 is 9.84 Å². The van der Waals surface area contributed by atoms with E-state index in [-0.39, 0.29) is 0 Å². The molecular formula is C18H29NO2. The van der Waals surface area contributed by atoms with E-state index < -0.39 is 6.10 Å². The molecule has 3 nitrogen and oxygen atoms in total. The Labute approximate surface area is 128 Å². The van der Waals surface area contributed by atoms with Crippen LogP contribution in [0.25, 0.3) is 0 Å². The van der Waals surface area contributed by atoms with Crippen molar-refractivity contribution in [3.05, 3.63) is 35.4 Å². The fourth-order valence-electron chi connectivity index (χ4n) is 3.00. The predicted octanol–water partition coefficient (Wildman–Crippen LogP) is 3.34. The van der Waals surface area contributed by atoms with Crippen molar-refractivity contribution in [1.29, 1.82) is 0 Å². The smallest absolute Gasteiger partial charge is 0.0916 e. The Balaban J connectivity index is 1.89. The van der Waals surface area contributed by atoms with Gasteiger partial charge in [-0.2, -0.15) is 0 Å². The Kier molecular flexibility index (Phi) is 6.22. The third kappa shape index (κ3) is 4.80. The van der Waals surface area contributed by atoms with E-state index in [9.17, 15) is 5.11 Å². The lowest BCUT2D eigenvalue weighted by Crippen LogP contribution is -2.41. The molecule has 2 rings (SSSR count). The van der Waals surface area contributed by atoms with Gasteiger partial charge >= 0.3 is 0 Å². The molecule has 1 aromatic rings. The summed E-state index contributed by atoms with van der Waals surface area (Å²) >= 11 is 0. The molecule has 118 valence electrons. The Morgan fingerprint density at radius 3 is 2.52 bits per heavy atom. The molecule has 0 bridgehead atoms. The van der Waals surface area contributed by atoms with Gasteiger partial charge in [0.05, 0.1) is 12.2 Å². The number of β-amino-alcohol motifs (C(OH)–C–C–N with tert-alkyl or cyclic N) is 1. The number of likely N-dealkylation sites (tertiary alicyclic amines) is 1. The minimum absolute atomic E-state index is 0.333. The average molecular weight is 291 g/mol. The monoisotopic (exact) mass is 291 g/mol. The highest BCUT2D eigenvalue weighted by molar-refractivity contribution is 5.26. The third-order valence-corrected chi connectivity index (χ3v) is 4.28. The fourth-order valence-corrected chi connectivity index (χ4v) is 3.00. The van der Waals surface area contributed by atoms with Gasteiger partial charge in [-0.15, -0.1) is 0 Å². The lowest BCUT2D eigenvalue weighted by molar-refractivity contribution is -0.00705. The maximum atomic E-state index is 10.4. The topological polar surface area (TPSA) is 32.7 Å². The first-order valence-corrected chi connectivity index (χ1v) is 8.22. The molecule has 1 aliphatic heterocycles. The highest BCUT2D eigenvalue weighted by Gasteiger charge is 2.22. The molecule has 3 heteroatoms. The summed E-state index contributed by atoms with van der Waals surface area (Å²) in [4.78, 5) is 2.32. The van der Waals surface area contributed by atoms with Crippen LogP contribution >= 0.6 is 0 Å². The summed E-state index contributed by atoms with van der Waals surface area (Å²) in [5.41, 5.74) is 2.33. The molecular weight excluding hydrogens is 262 g/mol. The lowest BCUT2D eigenvalue weighted by atomic mass is 9.99. The van der Waals surface area contributed by atoms with Crippen LogP contribution in [-0.2, 0) is 4.74 Å². The van der Waals surface area contributed by atoms with Crippen molar-refractivity contribution in [3.63, 3.8) is 0 Å². The van der Waals surface area contributed by atoms with Gasteiger partial charge in [-0.25, -0.2) is 0 Å². The zero-order chi connectivity index (χ0) is 15.2. The van der Waals surface area contributed by atoms with Gasteiger partial charge in [-0.05, 0) is 43.4 Å². The van der Waals surface area contributed by atoms with Crippen LogP contribution in [0.15, 0.2) is 24.3 Å². The fraction of sp³-hybridized carbons (Fsp3) is 0.667. The van der Waals surface area contributed by atoms with Crippen molar-refractivity contribution in [1.82, 2.24) is 4.90 Å². The van der Waals surface area contributed by atoms with Gasteiger partial charge in [-0.3, -0.25) is 4.90 Å². The van der Waals surface area contributed by atoms with E-state index in [1.165, 1.54) is 5.56 Å². The molecule has 1 aromatic carbocycles. The van der Waals surface area contributed by atoms with Crippen LogP contribution < -0.4 is 0 Å². The molecule has 1 heterocycles. The molecule has 1 N–H and O–H groups in total. The van der Waals surface area contributed by atoms with Crippen LogP contribution in [0.1, 0.15) is 56.8 Å². The van der Waals surface area contributed by atoms with Gasteiger partial charge in [0.15, 0.2) is 0 Å². The molecule has 0 spiro atoms. The quantitative estimate of drug-likeness (QED) is 0.872. The first kappa shape index (κ1) is 16.5. The van der Waals surface area contributed by atoms with Crippen molar-refractivity contribution in [2.24, 2.45) is 0 Å². The lowest BCUT2D eigenvalue weighted by Gasteiger charge is -2.33. The molecule has 0 radical (unpaired) electrons. The molecule has 2 unspecified atom stereocenters. The average Bonchev–Trinajstić information content (AvgIpc) is 2.48. The van der Waals surface area contributed by atoms with E-state index >= 15 is 0 Å². The number of piperidine rings is 1.